The van der Waals surface area contributed by atoms with Crippen LogP contribution in [0.3, 0.4) is 0 Å². The molecule has 2 aliphatic carbocycles. The maximum atomic E-state index is 12.6. The van der Waals surface area contributed by atoms with Gasteiger partial charge in [-0.15, -0.1) is 0 Å². The predicted octanol–water partition coefficient (Wildman–Crippen LogP) is 2.94. The van der Waals surface area contributed by atoms with Crippen LogP contribution in [0.15, 0.2) is 18.2 Å². The van der Waals surface area contributed by atoms with Crippen molar-refractivity contribution < 1.29 is 19.2 Å². The summed E-state index contributed by atoms with van der Waals surface area (Å²) in [7, 11) is 1.19. The van der Waals surface area contributed by atoms with Gasteiger partial charge in [-0.05, 0) is 50.0 Å². The Kier molecular flexibility index (Phi) is 4.74. The number of nitro benzene ring substituents is 1. The summed E-state index contributed by atoms with van der Waals surface area (Å²) >= 11 is 0. The largest absolute Gasteiger partial charge is 0.465 e. The Morgan fingerprint density at radius 2 is 1.96 bits per heavy atom. The zero-order valence-electron chi connectivity index (χ0n) is 14.4. The van der Waals surface area contributed by atoms with Crippen molar-refractivity contribution in [2.24, 2.45) is 17.8 Å². The van der Waals surface area contributed by atoms with Crippen LogP contribution in [-0.4, -0.2) is 30.0 Å². The zero-order chi connectivity index (χ0) is 18.1. The molecule has 0 radical (unpaired) electrons. The van der Waals surface area contributed by atoms with Crippen LogP contribution in [0.4, 0.5) is 5.69 Å². The van der Waals surface area contributed by atoms with E-state index in [1.807, 2.05) is 6.92 Å². The molecule has 2 saturated carbocycles. The molecule has 0 aliphatic heterocycles. The molecule has 2 bridgehead atoms. The fraction of sp³-hybridized carbons (Fsp3) is 0.556. The van der Waals surface area contributed by atoms with Gasteiger partial charge in [0.05, 0.1) is 17.6 Å². The average molecular weight is 346 g/mol. The third kappa shape index (κ3) is 3.50. The van der Waals surface area contributed by atoms with Crippen LogP contribution in [0.1, 0.15) is 53.3 Å². The van der Waals surface area contributed by atoms with Crippen LogP contribution < -0.4 is 5.32 Å². The molecule has 25 heavy (non-hydrogen) atoms. The third-order valence-electron chi connectivity index (χ3n) is 5.61. The molecule has 0 saturated heterocycles. The summed E-state index contributed by atoms with van der Waals surface area (Å²) in [5.41, 5.74) is -0.209. The molecule has 7 nitrogen and oxygen atoms in total. The first-order valence-corrected chi connectivity index (χ1v) is 8.57. The summed E-state index contributed by atoms with van der Waals surface area (Å²) in [6, 6.07) is 3.64. The lowest BCUT2D eigenvalue weighted by molar-refractivity contribution is -0.384. The standard InChI is InChI=1S/C18H22N2O5/c1-10(16-6-11-3-4-12(16)5-11)19-17(21)13-7-14(18(22)25-2)9-15(8-13)20(23)24/h7-12,16H,3-6H2,1-2H3,(H,19,21)/t10-,11-,12-,16+/m0/s1. The Balaban J connectivity index is 1.77. The summed E-state index contributed by atoms with van der Waals surface area (Å²) in [6.07, 6.45) is 4.89. The lowest BCUT2D eigenvalue weighted by Gasteiger charge is -2.28. The maximum absolute atomic E-state index is 12.6. The molecule has 0 aromatic heterocycles. The smallest absolute Gasteiger partial charge is 0.338 e. The number of hydrogen-bond donors (Lipinski definition) is 1. The van der Waals surface area contributed by atoms with Crippen LogP contribution in [-0.2, 0) is 4.74 Å². The average Bonchev–Trinajstić information content (AvgIpc) is 3.23. The number of carbonyl (C=O) groups excluding carboxylic acids is 2. The fourth-order valence-electron chi connectivity index (χ4n) is 4.39. The van der Waals surface area contributed by atoms with Crippen molar-refractivity contribution in [3.8, 4) is 0 Å². The Bertz CT molecular complexity index is 717. The summed E-state index contributed by atoms with van der Waals surface area (Å²) in [5, 5.41) is 14.0. The predicted molar refractivity (Wildman–Crippen MR) is 90.3 cm³/mol. The molecule has 1 aromatic carbocycles. The highest BCUT2D eigenvalue weighted by atomic mass is 16.6. The number of nitrogens with zero attached hydrogens (tertiary/aromatic N) is 1. The van der Waals surface area contributed by atoms with E-state index in [4.69, 9.17) is 0 Å². The monoisotopic (exact) mass is 346 g/mol. The minimum atomic E-state index is -0.709. The first kappa shape index (κ1) is 17.4. The lowest BCUT2D eigenvalue weighted by atomic mass is 9.84. The topological polar surface area (TPSA) is 98.5 Å². The minimum Gasteiger partial charge on any atom is -0.465 e. The fourth-order valence-corrected chi connectivity index (χ4v) is 4.39. The molecular formula is C18H22N2O5. The van der Waals surface area contributed by atoms with Gasteiger partial charge < -0.3 is 10.1 Å². The molecule has 0 spiro atoms. The van der Waals surface area contributed by atoms with E-state index in [0.717, 1.165) is 18.4 Å². The second-order valence-corrected chi connectivity index (χ2v) is 7.12. The first-order valence-electron chi connectivity index (χ1n) is 8.57. The molecule has 4 atom stereocenters. The number of ether oxygens (including phenoxy) is 1. The van der Waals surface area contributed by atoms with Gasteiger partial charge in [-0.1, -0.05) is 6.42 Å². The number of carbonyl (C=O) groups is 2. The number of methoxy groups -OCH3 is 1. The molecule has 2 fully saturated rings. The summed E-state index contributed by atoms with van der Waals surface area (Å²) < 4.78 is 4.61. The number of hydrogen-bond acceptors (Lipinski definition) is 5. The number of fused-ring (bicyclic) bond motifs is 2. The summed E-state index contributed by atoms with van der Waals surface area (Å²) in [4.78, 5) is 34.7. The van der Waals surface area contributed by atoms with E-state index in [0.29, 0.717) is 11.8 Å². The second-order valence-electron chi connectivity index (χ2n) is 7.12. The number of benzene rings is 1. The zero-order valence-corrected chi connectivity index (χ0v) is 14.4. The number of nitro groups is 1. The summed E-state index contributed by atoms with van der Waals surface area (Å²) in [5.74, 6) is 0.790. The number of esters is 1. The van der Waals surface area contributed by atoms with E-state index in [2.05, 4.69) is 10.1 Å². The highest BCUT2D eigenvalue weighted by Gasteiger charge is 2.42. The Morgan fingerprint density at radius 3 is 2.52 bits per heavy atom. The van der Waals surface area contributed by atoms with Gasteiger partial charge in [0.25, 0.3) is 11.6 Å². The van der Waals surface area contributed by atoms with Crippen LogP contribution in [0.5, 0.6) is 0 Å². The number of non-ortho nitro benzene ring substituents is 1. The Labute approximate surface area is 145 Å². The Morgan fingerprint density at radius 1 is 1.24 bits per heavy atom. The molecule has 1 amide bonds. The van der Waals surface area contributed by atoms with Crippen LogP contribution in [0.25, 0.3) is 0 Å². The van der Waals surface area contributed by atoms with Crippen molar-refractivity contribution in [1.82, 2.24) is 5.32 Å². The quantitative estimate of drug-likeness (QED) is 0.502. The van der Waals surface area contributed by atoms with Gasteiger partial charge in [0.2, 0.25) is 0 Å². The summed E-state index contributed by atoms with van der Waals surface area (Å²) in [6.45, 7) is 1.99. The molecule has 0 unspecified atom stereocenters. The van der Waals surface area contributed by atoms with Crippen molar-refractivity contribution in [2.75, 3.05) is 7.11 Å². The third-order valence-corrected chi connectivity index (χ3v) is 5.61. The van der Waals surface area contributed by atoms with Gasteiger partial charge in [0.15, 0.2) is 0 Å². The van der Waals surface area contributed by atoms with Gasteiger partial charge in [-0.25, -0.2) is 4.79 Å². The van der Waals surface area contributed by atoms with Crippen molar-refractivity contribution in [2.45, 2.75) is 38.6 Å². The van der Waals surface area contributed by atoms with Crippen LogP contribution >= 0.6 is 0 Å². The molecule has 3 rings (SSSR count). The van der Waals surface area contributed by atoms with Gasteiger partial charge in [0, 0.05) is 23.7 Å². The molecule has 2 aliphatic rings. The van der Waals surface area contributed by atoms with Crippen LogP contribution in [0.2, 0.25) is 0 Å². The van der Waals surface area contributed by atoms with Gasteiger partial charge >= 0.3 is 5.97 Å². The molecule has 134 valence electrons. The highest BCUT2D eigenvalue weighted by molar-refractivity contribution is 5.99. The van der Waals surface area contributed by atoms with E-state index < -0.39 is 16.8 Å². The van der Waals surface area contributed by atoms with Crippen molar-refractivity contribution in [3.05, 3.63) is 39.4 Å². The number of rotatable bonds is 5. The first-order chi connectivity index (χ1) is 11.9. The van der Waals surface area contributed by atoms with Crippen molar-refractivity contribution in [1.29, 1.82) is 0 Å². The minimum absolute atomic E-state index is 0.00337. The second kappa shape index (κ2) is 6.82. The van der Waals surface area contributed by atoms with E-state index in [9.17, 15) is 19.7 Å². The molecular weight excluding hydrogens is 324 g/mol. The molecule has 7 heteroatoms. The van der Waals surface area contributed by atoms with Crippen molar-refractivity contribution >= 4 is 17.6 Å². The molecule has 1 N–H and O–H groups in total. The van der Waals surface area contributed by atoms with E-state index in [1.165, 1.54) is 38.5 Å². The lowest BCUT2D eigenvalue weighted by Crippen LogP contribution is -2.40. The van der Waals surface area contributed by atoms with Gasteiger partial charge in [-0.3, -0.25) is 14.9 Å². The van der Waals surface area contributed by atoms with E-state index >= 15 is 0 Å². The van der Waals surface area contributed by atoms with E-state index in [1.54, 1.807) is 0 Å². The molecule has 1 aromatic rings. The van der Waals surface area contributed by atoms with Crippen LogP contribution in [0, 0.1) is 27.9 Å². The molecule has 0 heterocycles. The maximum Gasteiger partial charge on any atom is 0.338 e. The van der Waals surface area contributed by atoms with E-state index in [-0.39, 0.29) is 22.9 Å². The van der Waals surface area contributed by atoms with Crippen molar-refractivity contribution in [3.63, 3.8) is 0 Å². The normalized spacial score (nSPS) is 25.4. The van der Waals surface area contributed by atoms with Gasteiger partial charge in [0.1, 0.15) is 0 Å². The highest BCUT2D eigenvalue weighted by Crippen LogP contribution is 2.49. The number of amides is 1. The SMILES string of the molecule is COC(=O)c1cc(C(=O)N[C@@H](C)[C@H]2C[C@H]3CC[C@H]2C3)cc([N+](=O)[O-])c1. The van der Waals surface area contributed by atoms with Gasteiger partial charge in [-0.2, -0.15) is 0 Å². The Hall–Kier alpha value is -2.44. The number of nitrogens with one attached hydrogen (secondary N) is 1.